The van der Waals surface area contributed by atoms with Gasteiger partial charge in [0, 0.05) is 25.2 Å². The molecule has 3 heteroatoms. The minimum atomic E-state index is 0.113. The molecule has 0 atom stereocenters. The van der Waals surface area contributed by atoms with Gasteiger partial charge in [-0.15, -0.1) is 0 Å². The SMILES string of the molecule is CC(C)(C)NCc1cccc(N2Cc3ccccc3C2)n1. The Labute approximate surface area is 127 Å². The molecule has 1 N–H and O–H groups in total. The molecule has 0 spiro atoms. The topological polar surface area (TPSA) is 28.2 Å². The Hall–Kier alpha value is -1.87. The first kappa shape index (κ1) is 14.1. The lowest BCUT2D eigenvalue weighted by Gasteiger charge is -2.21. The summed E-state index contributed by atoms with van der Waals surface area (Å²) in [5, 5.41) is 3.49. The van der Waals surface area contributed by atoms with Crippen LogP contribution in [0.25, 0.3) is 0 Å². The highest BCUT2D eigenvalue weighted by molar-refractivity contribution is 5.47. The van der Waals surface area contributed by atoms with Crippen molar-refractivity contribution in [2.24, 2.45) is 0 Å². The zero-order chi connectivity index (χ0) is 14.9. The van der Waals surface area contributed by atoms with Crippen molar-refractivity contribution < 1.29 is 0 Å². The van der Waals surface area contributed by atoms with E-state index in [9.17, 15) is 0 Å². The molecule has 1 aliphatic rings. The number of hydrogen-bond acceptors (Lipinski definition) is 3. The molecule has 0 bridgehead atoms. The number of pyridine rings is 1. The van der Waals surface area contributed by atoms with Crippen LogP contribution in [0.1, 0.15) is 37.6 Å². The van der Waals surface area contributed by atoms with Crippen molar-refractivity contribution in [2.45, 2.75) is 45.9 Å². The largest absolute Gasteiger partial charge is 0.348 e. The first-order valence-corrected chi connectivity index (χ1v) is 7.54. The van der Waals surface area contributed by atoms with Crippen LogP contribution in [0.2, 0.25) is 0 Å². The van der Waals surface area contributed by atoms with Gasteiger partial charge in [-0.25, -0.2) is 4.98 Å². The molecule has 1 aliphatic heterocycles. The van der Waals surface area contributed by atoms with Gasteiger partial charge in [0.1, 0.15) is 5.82 Å². The molecule has 0 amide bonds. The van der Waals surface area contributed by atoms with E-state index in [4.69, 9.17) is 4.98 Å². The summed E-state index contributed by atoms with van der Waals surface area (Å²) < 4.78 is 0. The van der Waals surface area contributed by atoms with Crippen LogP contribution in [0.5, 0.6) is 0 Å². The molecule has 0 saturated carbocycles. The van der Waals surface area contributed by atoms with Gasteiger partial charge in [0.15, 0.2) is 0 Å². The quantitative estimate of drug-likeness (QED) is 0.933. The Morgan fingerprint density at radius 2 is 1.67 bits per heavy atom. The number of nitrogens with zero attached hydrogens (tertiary/aromatic N) is 2. The van der Waals surface area contributed by atoms with Crippen molar-refractivity contribution in [3.8, 4) is 0 Å². The Kier molecular flexibility index (Phi) is 3.68. The third-order valence-corrected chi connectivity index (χ3v) is 3.76. The summed E-state index contributed by atoms with van der Waals surface area (Å²) in [5.41, 5.74) is 4.04. The van der Waals surface area contributed by atoms with Crippen LogP contribution in [0, 0.1) is 0 Å². The van der Waals surface area contributed by atoms with E-state index in [1.165, 1.54) is 11.1 Å². The van der Waals surface area contributed by atoms with Crippen LogP contribution >= 0.6 is 0 Å². The third kappa shape index (κ3) is 3.42. The van der Waals surface area contributed by atoms with E-state index < -0.39 is 0 Å². The van der Waals surface area contributed by atoms with Gasteiger partial charge in [-0.05, 0) is 44.0 Å². The molecule has 0 aliphatic carbocycles. The molecule has 0 saturated heterocycles. The van der Waals surface area contributed by atoms with E-state index in [0.29, 0.717) is 0 Å². The summed E-state index contributed by atoms with van der Waals surface area (Å²) >= 11 is 0. The molecular formula is C18H23N3. The van der Waals surface area contributed by atoms with Crippen molar-refractivity contribution in [3.05, 3.63) is 59.3 Å². The first-order chi connectivity index (χ1) is 10.0. The number of rotatable bonds is 3. The van der Waals surface area contributed by atoms with Gasteiger partial charge in [0.25, 0.3) is 0 Å². The van der Waals surface area contributed by atoms with E-state index in [1.807, 2.05) is 0 Å². The molecule has 3 rings (SSSR count). The lowest BCUT2D eigenvalue weighted by atomic mass is 10.1. The summed E-state index contributed by atoms with van der Waals surface area (Å²) in [5.74, 6) is 1.07. The predicted octanol–water partition coefficient (Wildman–Crippen LogP) is 3.49. The second-order valence-electron chi connectivity index (χ2n) is 6.72. The van der Waals surface area contributed by atoms with Crippen molar-refractivity contribution in [1.82, 2.24) is 10.3 Å². The maximum atomic E-state index is 4.80. The van der Waals surface area contributed by atoms with Crippen molar-refractivity contribution in [1.29, 1.82) is 0 Å². The maximum absolute atomic E-state index is 4.80. The Morgan fingerprint density at radius 3 is 2.29 bits per heavy atom. The smallest absolute Gasteiger partial charge is 0.129 e. The number of hydrogen-bond donors (Lipinski definition) is 1. The summed E-state index contributed by atoms with van der Waals surface area (Å²) in [6, 6.07) is 14.9. The Balaban J connectivity index is 1.73. The van der Waals surface area contributed by atoms with Crippen LogP contribution in [-0.2, 0) is 19.6 Å². The van der Waals surface area contributed by atoms with Gasteiger partial charge in [0.05, 0.1) is 5.69 Å². The van der Waals surface area contributed by atoms with Crippen LogP contribution in [-0.4, -0.2) is 10.5 Å². The van der Waals surface area contributed by atoms with E-state index in [2.05, 4.69) is 73.5 Å². The normalized spacial score (nSPS) is 14.3. The molecule has 2 heterocycles. The van der Waals surface area contributed by atoms with Crippen LogP contribution in [0.15, 0.2) is 42.5 Å². The van der Waals surface area contributed by atoms with Crippen molar-refractivity contribution in [2.75, 3.05) is 4.90 Å². The zero-order valence-electron chi connectivity index (χ0n) is 13.1. The first-order valence-electron chi connectivity index (χ1n) is 7.54. The molecule has 2 aromatic rings. The molecule has 0 fully saturated rings. The molecule has 0 unspecified atom stereocenters. The van der Waals surface area contributed by atoms with Crippen LogP contribution < -0.4 is 10.2 Å². The number of aromatic nitrogens is 1. The highest BCUT2D eigenvalue weighted by atomic mass is 15.2. The Bertz CT molecular complexity index is 603. The number of fused-ring (bicyclic) bond motifs is 1. The number of nitrogens with one attached hydrogen (secondary N) is 1. The molecule has 21 heavy (non-hydrogen) atoms. The summed E-state index contributed by atoms with van der Waals surface area (Å²) in [6.07, 6.45) is 0. The third-order valence-electron chi connectivity index (χ3n) is 3.76. The van der Waals surface area contributed by atoms with Crippen molar-refractivity contribution >= 4 is 5.82 Å². The van der Waals surface area contributed by atoms with Gasteiger partial charge < -0.3 is 10.2 Å². The fourth-order valence-corrected chi connectivity index (χ4v) is 2.59. The summed E-state index contributed by atoms with van der Waals surface area (Å²) in [6.45, 7) is 9.24. The predicted molar refractivity (Wildman–Crippen MR) is 87.2 cm³/mol. The second-order valence-corrected chi connectivity index (χ2v) is 6.72. The average Bonchev–Trinajstić information content (AvgIpc) is 2.89. The number of benzene rings is 1. The van der Waals surface area contributed by atoms with Gasteiger partial charge in [-0.1, -0.05) is 30.3 Å². The van der Waals surface area contributed by atoms with Gasteiger partial charge in [0.2, 0.25) is 0 Å². The molecular weight excluding hydrogens is 258 g/mol. The monoisotopic (exact) mass is 281 g/mol. The molecule has 110 valence electrons. The van der Waals surface area contributed by atoms with E-state index in [0.717, 1.165) is 31.1 Å². The van der Waals surface area contributed by atoms with Gasteiger partial charge in [-0.2, -0.15) is 0 Å². The Morgan fingerprint density at radius 1 is 1.00 bits per heavy atom. The van der Waals surface area contributed by atoms with Crippen LogP contribution in [0.3, 0.4) is 0 Å². The average molecular weight is 281 g/mol. The maximum Gasteiger partial charge on any atom is 0.129 e. The fraction of sp³-hybridized carbons (Fsp3) is 0.389. The van der Waals surface area contributed by atoms with Gasteiger partial charge >= 0.3 is 0 Å². The fourth-order valence-electron chi connectivity index (χ4n) is 2.59. The van der Waals surface area contributed by atoms with Crippen LogP contribution in [0.4, 0.5) is 5.82 Å². The zero-order valence-corrected chi connectivity index (χ0v) is 13.1. The summed E-state index contributed by atoms with van der Waals surface area (Å²) in [4.78, 5) is 7.14. The molecule has 3 nitrogen and oxygen atoms in total. The minimum absolute atomic E-state index is 0.113. The second kappa shape index (κ2) is 5.49. The lowest BCUT2D eigenvalue weighted by Crippen LogP contribution is -2.35. The van der Waals surface area contributed by atoms with Crippen molar-refractivity contribution in [3.63, 3.8) is 0 Å². The van der Waals surface area contributed by atoms with Gasteiger partial charge in [-0.3, -0.25) is 0 Å². The van der Waals surface area contributed by atoms with E-state index >= 15 is 0 Å². The highest BCUT2D eigenvalue weighted by Gasteiger charge is 2.19. The molecule has 1 aromatic carbocycles. The minimum Gasteiger partial charge on any atom is -0.348 e. The standard InChI is InChI=1S/C18H23N3/c1-18(2,3)19-11-16-9-6-10-17(20-16)21-12-14-7-4-5-8-15(14)13-21/h4-10,19H,11-13H2,1-3H3. The van der Waals surface area contributed by atoms with E-state index in [1.54, 1.807) is 0 Å². The lowest BCUT2D eigenvalue weighted by molar-refractivity contribution is 0.421. The molecule has 0 radical (unpaired) electrons. The number of anilines is 1. The summed E-state index contributed by atoms with van der Waals surface area (Å²) in [7, 11) is 0. The molecule has 1 aromatic heterocycles. The highest BCUT2D eigenvalue weighted by Crippen LogP contribution is 2.26. The van der Waals surface area contributed by atoms with E-state index in [-0.39, 0.29) is 5.54 Å².